The van der Waals surface area contributed by atoms with Crippen LogP contribution >= 0.6 is 0 Å². The minimum atomic E-state index is -0.197. The van der Waals surface area contributed by atoms with Gasteiger partial charge in [0.1, 0.15) is 5.82 Å². The van der Waals surface area contributed by atoms with E-state index in [1.54, 1.807) is 17.0 Å². The van der Waals surface area contributed by atoms with Crippen LogP contribution in [0.3, 0.4) is 0 Å². The summed E-state index contributed by atoms with van der Waals surface area (Å²) in [7, 11) is 0. The number of hydrogen-bond donors (Lipinski definition) is 1. The maximum absolute atomic E-state index is 13.2. The van der Waals surface area contributed by atoms with Crippen LogP contribution in [-0.4, -0.2) is 30.6 Å². The number of rotatable bonds is 3. The number of nitrogens with zero attached hydrogens (tertiary/aromatic N) is 1. The Morgan fingerprint density at radius 2 is 2.20 bits per heavy atom. The quantitative estimate of drug-likeness (QED) is 0.800. The Labute approximate surface area is 87.9 Å². The molecule has 15 heavy (non-hydrogen) atoms. The first-order chi connectivity index (χ1) is 7.27. The standard InChI is InChI=1S/C11H13FN2O/c12-10-4-2-1-3-9(10)5-7-14-8-6-13-11(14)15/h1-4H,5-8H2,(H,13,15). The molecule has 80 valence electrons. The molecule has 0 unspecified atom stereocenters. The van der Waals surface area contributed by atoms with Gasteiger partial charge in [-0.15, -0.1) is 0 Å². The van der Waals surface area contributed by atoms with E-state index in [4.69, 9.17) is 0 Å². The van der Waals surface area contributed by atoms with E-state index in [-0.39, 0.29) is 11.8 Å². The highest BCUT2D eigenvalue weighted by Crippen LogP contribution is 2.08. The smallest absolute Gasteiger partial charge is 0.317 e. The van der Waals surface area contributed by atoms with Crippen molar-refractivity contribution in [3.63, 3.8) is 0 Å². The number of nitrogens with one attached hydrogen (secondary N) is 1. The van der Waals surface area contributed by atoms with Crippen molar-refractivity contribution in [2.75, 3.05) is 19.6 Å². The molecule has 1 aromatic rings. The fourth-order valence-corrected chi connectivity index (χ4v) is 1.68. The van der Waals surface area contributed by atoms with E-state index in [1.165, 1.54) is 6.07 Å². The Morgan fingerprint density at radius 1 is 1.40 bits per heavy atom. The van der Waals surface area contributed by atoms with Gasteiger partial charge in [-0.2, -0.15) is 0 Å². The largest absolute Gasteiger partial charge is 0.336 e. The maximum atomic E-state index is 13.2. The summed E-state index contributed by atoms with van der Waals surface area (Å²) < 4.78 is 13.2. The van der Waals surface area contributed by atoms with Crippen molar-refractivity contribution in [3.8, 4) is 0 Å². The third-order valence-electron chi connectivity index (χ3n) is 2.55. The molecule has 1 saturated heterocycles. The van der Waals surface area contributed by atoms with Gasteiger partial charge in [0.25, 0.3) is 0 Å². The zero-order valence-electron chi connectivity index (χ0n) is 8.37. The number of hydrogen-bond acceptors (Lipinski definition) is 1. The zero-order chi connectivity index (χ0) is 10.7. The Bertz CT molecular complexity index is 367. The minimum absolute atomic E-state index is 0.0497. The van der Waals surface area contributed by atoms with E-state index in [2.05, 4.69) is 5.32 Å². The number of amides is 2. The predicted octanol–water partition coefficient (Wildman–Crippen LogP) is 1.39. The number of carbonyl (C=O) groups excluding carboxylic acids is 1. The molecule has 1 heterocycles. The van der Waals surface area contributed by atoms with Gasteiger partial charge in [-0.05, 0) is 18.1 Å². The number of carbonyl (C=O) groups is 1. The second-order valence-corrected chi connectivity index (χ2v) is 3.56. The molecule has 0 atom stereocenters. The molecule has 2 rings (SSSR count). The molecule has 0 saturated carbocycles. The van der Waals surface area contributed by atoms with E-state index in [1.807, 2.05) is 6.07 Å². The van der Waals surface area contributed by atoms with Crippen LogP contribution < -0.4 is 5.32 Å². The van der Waals surface area contributed by atoms with E-state index in [9.17, 15) is 9.18 Å². The summed E-state index contributed by atoms with van der Waals surface area (Å²) in [5, 5.41) is 2.71. The molecule has 0 aliphatic carbocycles. The minimum Gasteiger partial charge on any atom is -0.336 e. The lowest BCUT2D eigenvalue weighted by atomic mass is 10.1. The van der Waals surface area contributed by atoms with Crippen LogP contribution in [0.5, 0.6) is 0 Å². The molecule has 1 fully saturated rings. The molecule has 1 N–H and O–H groups in total. The predicted molar refractivity (Wildman–Crippen MR) is 55.1 cm³/mol. The van der Waals surface area contributed by atoms with Gasteiger partial charge in [0, 0.05) is 19.6 Å². The van der Waals surface area contributed by atoms with E-state index < -0.39 is 0 Å². The first-order valence-corrected chi connectivity index (χ1v) is 5.03. The Hall–Kier alpha value is -1.58. The lowest BCUT2D eigenvalue weighted by Crippen LogP contribution is -2.30. The van der Waals surface area contributed by atoms with Crippen molar-refractivity contribution >= 4 is 6.03 Å². The molecule has 1 aromatic carbocycles. The van der Waals surface area contributed by atoms with E-state index in [0.29, 0.717) is 31.6 Å². The second kappa shape index (κ2) is 4.29. The number of halogens is 1. The Balaban J connectivity index is 1.93. The normalized spacial score (nSPS) is 15.5. The molecule has 4 heteroatoms. The van der Waals surface area contributed by atoms with Gasteiger partial charge in [-0.3, -0.25) is 0 Å². The van der Waals surface area contributed by atoms with Gasteiger partial charge in [0.05, 0.1) is 0 Å². The summed E-state index contributed by atoms with van der Waals surface area (Å²) in [6.45, 7) is 1.98. The number of benzene rings is 1. The lowest BCUT2D eigenvalue weighted by Gasteiger charge is -2.13. The highest BCUT2D eigenvalue weighted by molar-refractivity contribution is 5.76. The van der Waals surface area contributed by atoms with Crippen molar-refractivity contribution < 1.29 is 9.18 Å². The Morgan fingerprint density at radius 3 is 2.87 bits per heavy atom. The first-order valence-electron chi connectivity index (χ1n) is 5.03. The van der Waals surface area contributed by atoms with Crippen molar-refractivity contribution in [2.24, 2.45) is 0 Å². The molecular formula is C11H13FN2O. The van der Waals surface area contributed by atoms with E-state index >= 15 is 0 Å². The van der Waals surface area contributed by atoms with Crippen LogP contribution in [0.4, 0.5) is 9.18 Å². The molecule has 0 radical (unpaired) electrons. The SMILES string of the molecule is O=C1NCCN1CCc1ccccc1F. The van der Waals surface area contributed by atoms with Crippen LogP contribution in [0.25, 0.3) is 0 Å². The summed E-state index contributed by atoms with van der Waals surface area (Å²) in [6, 6.07) is 6.62. The third-order valence-corrected chi connectivity index (χ3v) is 2.55. The zero-order valence-corrected chi connectivity index (χ0v) is 8.37. The van der Waals surface area contributed by atoms with Crippen LogP contribution in [-0.2, 0) is 6.42 Å². The fourth-order valence-electron chi connectivity index (χ4n) is 1.68. The lowest BCUT2D eigenvalue weighted by molar-refractivity contribution is 0.218. The molecule has 0 spiro atoms. The fraction of sp³-hybridized carbons (Fsp3) is 0.364. The highest BCUT2D eigenvalue weighted by Gasteiger charge is 2.18. The Kier molecular flexibility index (Phi) is 2.85. The van der Waals surface area contributed by atoms with Crippen LogP contribution in [0, 0.1) is 5.82 Å². The van der Waals surface area contributed by atoms with Crippen molar-refractivity contribution in [1.29, 1.82) is 0 Å². The topological polar surface area (TPSA) is 32.3 Å². The molecular weight excluding hydrogens is 195 g/mol. The molecule has 0 aromatic heterocycles. The van der Waals surface area contributed by atoms with Gasteiger partial charge < -0.3 is 10.2 Å². The summed E-state index contributed by atoms with van der Waals surface area (Å²) in [5.74, 6) is -0.197. The van der Waals surface area contributed by atoms with Crippen molar-refractivity contribution in [2.45, 2.75) is 6.42 Å². The monoisotopic (exact) mass is 208 g/mol. The molecule has 2 amide bonds. The maximum Gasteiger partial charge on any atom is 0.317 e. The summed E-state index contributed by atoms with van der Waals surface area (Å²) in [5.41, 5.74) is 0.664. The first kappa shape index (κ1) is 9.96. The summed E-state index contributed by atoms with van der Waals surface area (Å²) >= 11 is 0. The highest BCUT2D eigenvalue weighted by atomic mass is 19.1. The second-order valence-electron chi connectivity index (χ2n) is 3.56. The average molecular weight is 208 g/mol. The van der Waals surface area contributed by atoms with Crippen molar-refractivity contribution in [1.82, 2.24) is 10.2 Å². The van der Waals surface area contributed by atoms with Gasteiger partial charge in [-0.25, -0.2) is 9.18 Å². The molecule has 1 aliphatic heterocycles. The summed E-state index contributed by atoms with van der Waals surface area (Å²) in [4.78, 5) is 12.9. The molecule has 3 nitrogen and oxygen atoms in total. The molecule has 1 aliphatic rings. The van der Waals surface area contributed by atoms with Gasteiger partial charge >= 0.3 is 6.03 Å². The van der Waals surface area contributed by atoms with Crippen LogP contribution in [0.15, 0.2) is 24.3 Å². The van der Waals surface area contributed by atoms with Gasteiger partial charge in [-0.1, -0.05) is 18.2 Å². The van der Waals surface area contributed by atoms with Crippen LogP contribution in [0.2, 0.25) is 0 Å². The number of urea groups is 1. The van der Waals surface area contributed by atoms with Crippen LogP contribution in [0.1, 0.15) is 5.56 Å². The van der Waals surface area contributed by atoms with E-state index in [0.717, 1.165) is 0 Å². The average Bonchev–Trinajstić information content (AvgIpc) is 2.63. The third kappa shape index (κ3) is 2.26. The van der Waals surface area contributed by atoms with Gasteiger partial charge in [0.15, 0.2) is 0 Å². The van der Waals surface area contributed by atoms with Gasteiger partial charge in [0.2, 0.25) is 0 Å². The van der Waals surface area contributed by atoms with Crippen molar-refractivity contribution in [3.05, 3.63) is 35.6 Å². The summed E-state index contributed by atoms with van der Waals surface area (Å²) in [6.07, 6.45) is 0.570. The molecule has 0 bridgehead atoms.